The van der Waals surface area contributed by atoms with Crippen LogP contribution in [0.4, 0.5) is 14.9 Å². The van der Waals surface area contributed by atoms with Crippen LogP contribution in [0.25, 0.3) is 17.1 Å². The smallest absolute Gasteiger partial charge is 0.343 e. The number of hydrogen-bond donors (Lipinski definition) is 1. The Hall–Kier alpha value is -4.18. The van der Waals surface area contributed by atoms with Crippen molar-refractivity contribution in [1.29, 1.82) is 0 Å². The number of thioether (sulfide) groups is 1. The highest BCUT2D eigenvalue weighted by atomic mass is 32.2. The summed E-state index contributed by atoms with van der Waals surface area (Å²) < 4.78 is 18.9. The highest BCUT2D eigenvalue weighted by molar-refractivity contribution is 8.14. The van der Waals surface area contributed by atoms with Crippen LogP contribution >= 0.6 is 11.8 Å². The second-order valence-electron chi connectivity index (χ2n) is 11.3. The number of halogens is 1. The molecule has 2 fully saturated rings. The van der Waals surface area contributed by atoms with Crippen LogP contribution in [0.1, 0.15) is 55.2 Å². The van der Waals surface area contributed by atoms with Gasteiger partial charge < -0.3 is 15.0 Å². The minimum Gasteiger partial charge on any atom is -0.463 e. The standard InChI is InChI=1S/C34H37FN6O2S/c1-3-4-25-6-5-23(2)19-31(25)40-17-18-44-34(40)38-33(42)37-28-12-11-27(20-28)24-7-9-26(10-8-24)32-36-22-41(39-32)29-13-15-30(16-14-29)43-21-35/h5-10,13-16,19,22,27-28H,3-4,11-12,17-18,20-21H2,1-2H3,(H,37,42). The number of aromatic nitrogens is 3. The number of nitrogens with one attached hydrogen (secondary N) is 1. The first-order valence-electron chi connectivity index (χ1n) is 15.2. The van der Waals surface area contributed by atoms with E-state index in [0.717, 1.165) is 60.8 Å². The Balaban J connectivity index is 1.06. The van der Waals surface area contributed by atoms with Gasteiger partial charge in [0, 0.05) is 29.6 Å². The summed E-state index contributed by atoms with van der Waals surface area (Å²) in [6.45, 7) is 4.30. The third kappa shape index (κ3) is 6.80. The molecule has 1 saturated heterocycles. The number of benzene rings is 3. The Morgan fingerprint density at radius 2 is 1.93 bits per heavy atom. The maximum atomic E-state index is 13.0. The highest BCUT2D eigenvalue weighted by Gasteiger charge is 2.29. The number of carbonyl (C=O) groups excluding carboxylic acids is 1. The van der Waals surface area contributed by atoms with Gasteiger partial charge in [-0.3, -0.25) is 0 Å². The third-order valence-corrected chi connectivity index (χ3v) is 9.20. The fourth-order valence-electron chi connectivity index (χ4n) is 6.02. The zero-order valence-corrected chi connectivity index (χ0v) is 25.9. The lowest BCUT2D eigenvalue weighted by Gasteiger charge is -2.22. The van der Waals surface area contributed by atoms with Gasteiger partial charge in [-0.15, -0.1) is 5.10 Å². The van der Waals surface area contributed by atoms with Crippen molar-refractivity contribution >= 4 is 28.6 Å². The average Bonchev–Trinajstić information content (AvgIpc) is 3.81. The van der Waals surface area contributed by atoms with E-state index in [1.165, 1.54) is 22.4 Å². The number of anilines is 1. The Morgan fingerprint density at radius 1 is 1.11 bits per heavy atom. The van der Waals surface area contributed by atoms with Gasteiger partial charge in [-0.05, 0) is 85.5 Å². The van der Waals surface area contributed by atoms with E-state index in [4.69, 9.17) is 4.74 Å². The SMILES string of the molecule is CCCc1ccc(C)cc1N1CCSC1=NC(=O)NC1CCC(c2ccc(-c3ncn(-c4ccc(OCF)cc4)n3)cc2)C1. The van der Waals surface area contributed by atoms with Gasteiger partial charge in [0.2, 0.25) is 6.86 Å². The van der Waals surface area contributed by atoms with Gasteiger partial charge in [0.1, 0.15) is 12.1 Å². The molecule has 228 valence electrons. The first kappa shape index (κ1) is 29.9. The lowest BCUT2D eigenvalue weighted by Crippen LogP contribution is -2.33. The third-order valence-electron chi connectivity index (χ3n) is 8.24. The summed E-state index contributed by atoms with van der Waals surface area (Å²) >= 11 is 1.65. The van der Waals surface area contributed by atoms with E-state index < -0.39 is 6.86 Å². The highest BCUT2D eigenvalue weighted by Crippen LogP contribution is 2.36. The molecular weight excluding hydrogens is 575 g/mol. The molecule has 1 aromatic heterocycles. The van der Waals surface area contributed by atoms with E-state index in [1.807, 2.05) is 12.1 Å². The Morgan fingerprint density at radius 3 is 2.70 bits per heavy atom. The number of rotatable bonds is 9. The number of aryl methyl sites for hydroxylation is 2. The van der Waals surface area contributed by atoms with Crippen LogP contribution in [0, 0.1) is 6.92 Å². The molecule has 0 spiro atoms. The fraction of sp³-hybridized carbons (Fsp3) is 0.353. The van der Waals surface area contributed by atoms with E-state index in [-0.39, 0.29) is 12.1 Å². The molecule has 2 atom stereocenters. The molecule has 44 heavy (non-hydrogen) atoms. The monoisotopic (exact) mass is 612 g/mol. The summed E-state index contributed by atoms with van der Waals surface area (Å²) in [5.74, 6) is 2.39. The summed E-state index contributed by atoms with van der Waals surface area (Å²) in [5.41, 5.74) is 6.68. The predicted molar refractivity (Wildman–Crippen MR) is 175 cm³/mol. The normalized spacial score (nSPS) is 19.1. The molecule has 8 nitrogen and oxygen atoms in total. The quantitative estimate of drug-likeness (QED) is 0.211. The molecule has 2 unspecified atom stereocenters. The number of urea groups is 1. The molecule has 1 aliphatic carbocycles. The number of carbonyl (C=O) groups is 1. The van der Waals surface area contributed by atoms with Gasteiger partial charge in [0.05, 0.1) is 5.69 Å². The average molecular weight is 613 g/mol. The molecule has 3 aromatic carbocycles. The van der Waals surface area contributed by atoms with E-state index >= 15 is 0 Å². The summed E-state index contributed by atoms with van der Waals surface area (Å²) in [6.07, 6.45) is 6.58. The second kappa shape index (κ2) is 13.6. The van der Waals surface area contributed by atoms with Crippen molar-refractivity contribution < 1.29 is 13.9 Å². The van der Waals surface area contributed by atoms with Gasteiger partial charge in [0.15, 0.2) is 11.0 Å². The Bertz CT molecular complexity index is 1620. The summed E-state index contributed by atoms with van der Waals surface area (Å²) in [6, 6.07) is 21.8. The van der Waals surface area contributed by atoms with Crippen LogP contribution in [0.2, 0.25) is 0 Å². The molecule has 0 bridgehead atoms. The number of nitrogens with zero attached hydrogens (tertiary/aromatic N) is 5. The predicted octanol–water partition coefficient (Wildman–Crippen LogP) is 7.46. The van der Waals surface area contributed by atoms with Crippen LogP contribution in [-0.2, 0) is 6.42 Å². The number of amidine groups is 1. The zero-order chi connectivity index (χ0) is 30.5. The molecule has 10 heteroatoms. The molecule has 0 radical (unpaired) electrons. The van der Waals surface area contributed by atoms with Gasteiger partial charge in [-0.1, -0.05) is 61.5 Å². The molecule has 2 amide bonds. The molecule has 1 saturated carbocycles. The van der Waals surface area contributed by atoms with Crippen molar-refractivity contribution in [3.05, 3.63) is 89.7 Å². The van der Waals surface area contributed by atoms with E-state index in [2.05, 4.69) is 81.6 Å². The topological polar surface area (TPSA) is 84.6 Å². The maximum absolute atomic E-state index is 13.0. The molecule has 2 aliphatic rings. The number of alkyl halides is 1. The minimum absolute atomic E-state index is 0.102. The molecule has 4 aromatic rings. The largest absolute Gasteiger partial charge is 0.463 e. The van der Waals surface area contributed by atoms with Crippen molar-refractivity contribution in [3.8, 4) is 22.8 Å². The lowest BCUT2D eigenvalue weighted by molar-refractivity contribution is 0.192. The summed E-state index contributed by atoms with van der Waals surface area (Å²) in [4.78, 5) is 24.2. The number of ether oxygens (including phenoxy) is 1. The Kier molecular flexibility index (Phi) is 9.26. The van der Waals surface area contributed by atoms with Crippen LogP contribution in [0.5, 0.6) is 5.75 Å². The zero-order valence-electron chi connectivity index (χ0n) is 25.1. The Labute approximate surface area is 261 Å². The second-order valence-corrected chi connectivity index (χ2v) is 12.4. The number of amides is 2. The maximum Gasteiger partial charge on any atom is 0.343 e. The van der Waals surface area contributed by atoms with E-state index in [9.17, 15) is 9.18 Å². The van der Waals surface area contributed by atoms with Crippen molar-refractivity contribution in [2.45, 2.75) is 57.9 Å². The number of aliphatic imine (C=N–C) groups is 1. The van der Waals surface area contributed by atoms with E-state index in [0.29, 0.717) is 17.5 Å². The van der Waals surface area contributed by atoms with Crippen LogP contribution < -0.4 is 15.0 Å². The van der Waals surface area contributed by atoms with Gasteiger partial charge in [-0.25, -0.2) is 18.9 Å². The first-order valence-corrected chi connectivity index (χ1v) is 16.2. The summed E-state index contributed by atoms with van der Waals surface area (Å²) in [7, 11) is 0. The van der Waals surface area contributed by atoms with Gasteiger partial charge >= 0.3 is 6.03 Å². The lowest BCUT2D eigenvalue weighted by atomic mass is 9.96. The van der Waals surface area contributed by atoms with Crippen molar-refractivity contribution in [3.63, 3.8) is 0 Å². The van der Waals surface area contributed by atoms with Crippen molar-refractivity contribution in [1.82, 2.24) is 20.1 Å². The molecular formula is C34H37FN6O2S. The molecule has 2 heterocycles. The first-order chi connectivity index (χ1) is 21.5. The van der Waals surface area contributed by atoms with Crippen LogP contribution in [-0.4, -0.2) is 51.2 Å². The fourth-order valence-corrected chi connectivity index (χ4v) is 6.96. The van der Waals surface area contributed by atoms with Gasteiger partial charge in [0.25, 0.3) is 0 Å². The van der Waals surface area contributed by atoms with Crippen molar-refractivity contribution in [2.75, 3.05) is 24.1 Å². The minimum atomic E-state index is -0.860. The van der Waals surface area contributed by atoms with E-state index in [1.54, 1.807) is 34.9 Å². The van der Waals surface area contributed by atoms with Crippen LogP contribution in [0.3, 0.4) is 0 Å². The number of hydrogen-bond acceptors (Lipinski definition) is 5. The molecule has 1 N–H and O–H groups in total. The summed E-state index contributed by atoms with van der Waals surface area (Å²) in [5, 5.41) is 8.57. The molecule has 1 aliphatic heterocycles. The van der Waals surface area contributed by atoms with Gasteiger partial charge in [-0.2, -0.15) is 4.99 Å². The molecule has 6 rings (SSSR count). The van der Waals surface area contributed by atoms with Crippen LogP contribution in [0.15, 0.2) is 78.0 Å². The van der Waals surface area contributed by atoms with Crippen molar-refractivity contribution in [2.24, 2.45) is 4.99 Å².